The number of piperidine rings is 1. The molecule has 1 aromatic carbocycles. The summed E-state index contributed by atoms with van der Waals surface area (Å²) in [5.74, 6) is 0.592. The van der Waals surface area contributed by atoms with Crippen molar-refractivity contribution < 1.29 is 50.1 Å². The molecular weight excluding hydrogens is 524 g/mol. The number of nitrogens with zero attached hydrogens (tertiary/aromatic N) is 3. The highest BCUT2D eigenvalue weighted by atomic mass is 19.4. The van der Waals surface area contributed by atoms with E-state index in [4.69, 9.17) is 18.9 Å². The second-order valence-electron chi connectivity index (χ2n) is 9.32. The summed E-state index contributed by atoms with van der Waals surface area (Å²) in [6, 6.07) is 6.17. The largest absolute Gasteiger partial charge is 0.497 e. The third kappa shape index (κ3) is 6.70. The van der Waals surface area contributed by atoms with E-state index >= 15 is 0 Å². The molecule has 1 unspecified atom stereocenters. The Morgan fingerprint density at radius 2 is 1.84 bits per heavy atom. The summed E-state index contributed by atoms with van der Waals surface area (Å²) >= 11 is 0. The summed E-state index contributed by atoms with van der Waals surface area (Å²) in [4.78, 5) is 13.7. The topological polar surface area (TPSA) is 75.1 Å². The van der Waals surface area contributed by atoms with E-state index in [1.54, 1.807) is 24.3 Å². The number of carbonyl (C=O) groups excluding carboxylic acids is 1. The van der Waals surface area contributed by atoms with E-state index in [-0.39, 0.29) is 26.3 Å². The minimum Gasteiger partial charge on any atom is -0.497 e. The molecule has 2 saturated heterocycles. The summed E-state index contributed by atoms with van der Waals surface area (Å²) in [5.41, 5.74) is -0.932. The van der Waals surface area contributed by atoms with E-state index in [0.29, 0.717) is 30.6 Å². The van der Waals surface area contributed by atoms with Crippen LogP contribution in [0.2, 0.25) is 0 Å². The maximum Gasteiger partial charge on any atom is 0.427 e. The molecule has 0 N–H and O–H groups in total. The van der Waals surface area contributed by atoms with Crippen molar-refractivity contribution in [3.05, 3.63) is 47.8 Å². The van der Waals surface area contributed by atoms with Crippen LogP contribution in [-0.2, 0) is 27.0 Å². The number of methoxy groups -OCH3 is 1. The van der Waals surface area contributed by atoms with Crippen LogP contribution in [-0.4, -0.2) is 72.1 Å². The van der Waals surface area contributed by atoms with Crippen molar-refractivity contribution >= 4 is 6.09 Å². The molecule has 1 amide bonds. The van der Waals surface area contributed by atoms with Crippen molar-refractivity contribution in [1.82, 2.24) is 14.7 Å². The molecule has 38 heavy (non-hydrogen) atoms. The molecule has 2 aliphatic rings. The lowest BCUT2D eigenvalue weighted by Gasteiger charge is -2.38. The van der Waals surface area contributed by atoms with Crippen LogP contribution >= 0.6 is 0 Å². The number of aromatic nitrogens is 2. The van der Waals surface area contributed by atoms with Gasteiger partial charge in [-0.2, -0.15) is 31.4 Å². The Morgan fingerprint density at radius 1 is 1.16 bits per heavy atom. The van der Waals surface area contributed by atoms with E-state index in [9.17, 15) is 31.1 Å². The Kier molecular flexibility index (Phi) is 8.12. The second-order valence-corrected chi connectivity index (χ2v) is 9.32. The second kappa shape index (κ2) is 11.0. The van der Waals surface area contributed by atoms with Gasteiger partial charge in [0.15, 0.2) is 0 Å². The summed E-state index contributed by atoms with van der Waals surface area (Å²) in [5, 5.41) is 3.80. The molecular formula is C24H27F6N3O5. The number of carbonyl (C=O) groups is 1. The van der Waals surface area contributed by atoms with Gasteiger partial charge >= 0.3 is 18.4 Å². The van der Waals surface area contributed by atoms with Crippen LogP contribution in [0.5, 0.6) is 5.75 Å². The number of ether oxygens (including phenoxy) is 4. The summed E-state index contributed by atoms with van der Waals surface area (Å²) < 4.78 is 101. The van der Waals surface area contributed by atoms with E-state index in [1.165, 1.54) is 16.7 Å². The molecule has 2 aliphatic heterocycles. The summed E-state index contributed by atoms with van der Waals surface area (Å²) in [7, 11) is 1.49. The van der Waals surface area contributed by atoms with Crippen molar-refractivity contribution in [2.24, 2.45) is 0 Å². The summed E-state index contributed by atoms with van der Waals surface area (Å²) in [6.07, 6.45) is -10.2. The van der Waals surface area contributed by atoms with Gasteiger partial charge in [-0.1, -0.05) is 12.1 Å². The number of hydrogen-bond donors (Lipinski definition) is 0. The highest BCUT2D eigenvalue weighted by Crippen LogP contribution is 2.41. The molecule has 0 radical (unpaired) electrons. The van der Waals surface area contributed by atoms with Gasteiger partial charge in [0.1, 0.15) is 5.75 Å². The molecule has 3 heterocycles. The normalized spacial score (nSPS) is 20.5. The van der Waals surface area contributed by atoms with Crippen LogP contribution in [0, 0.1) is 0 Å². The van der Waals surface area contributed by atoms with Crippen LogP contribution in [0.15, 0.2) is 36.7 Å². The van der Waals surface area contributed by atoms with E-state index in [0.717, 1.165) is 12.4 Å². The SMILES string of the molecule is COc1ccc(COC[C@@H](OC(=O)N2CCC3(CC2)CC(n2cc(C(F)(F)F)cn2)CO3)C(F)(F)F)cc1. The third-order valence-corrected chi connectivity index (χ3v) is 6.73. The molecule has 0 bridgehead atoms. The Labute approximate surface area is 214 Å². The number of hydrogen-bond acceptors (Lipinski definition) is 6. The monoisotopic (exact) mass is 551 g/mol. The Morgan fingerprint density at radius 3 is 2.42 bits per heavy atom. The van der Waals surface area contributed by atoms with Gasteiger partial charge in [0.25, 0.3) is 0 Å². The van der Waals surface area contributed by atoms with Crippen LogP contribution < -0.4 is 4.74 Å². The lowest BCUT2D eigenvalue weighted by molar-refractivity contribution is -0.220. The van der Waals surface area contributed by atoms with Gasteiger partial charge in [0.2, 0.25) is 6.10 Å². The number of amides is 1. The van der Waals surface area contributed by atoms with E-state index in [2.05, 4.69) is 5.10 Å². The molecule has 2 atom stereocenters. The van der Waals surface area contributed by atoms with Gasteiger partial charge in [-0.05, 0) is 30.5 Å². The molecule has 0 aliphatic carbocycles. The first kappa shape index (κ1) is 28.0. The van der Waals surface area contributed by atoms with Gasteiger partial charge in [-0.3, -0.25) is 4.68 Å². The predicted octanol–water partition coefficient (Wildman–Crippen LogP) is 4.99. The minimum atomic E-state index is -4.83. The molecule has 0 saturated carbocycles. The van der Waals surface area contributed by atoms with Gasteiger partial charge < -0.3 is 23.8 Å². The molecule has 1 aromatic heterocycles. The van der Waals surface area contributed by atoms with Crippen LogP contribution in [0.25, 0.3) is 0 Å². The molecule has 2 fully saturated rings. The van der Waals surface area contributed by atoms with Crippen molar-refractivity contribution in [2.45, 2.75) is 56.0 Å². The fourth-order valence-corrected chi connectivity index (χ4v) is 4.52. The highest BCUT2D eigenvalue weighted by Gasteiger charge is 2.47. The third-order valence-electron chi connectivity index (χ3n) is 6.73. The first-order valence-corrected chi connectivity index (χ1v) is 11.9. The van der Waals surface area contributed by atoms with Crippen molar-refractivity contribution in [2.75, 3.05) is 33.4 Å². The van der Waals surface area contributed by atoms with Gasteiger partial charge in [0, 0.05) is 25.7 Å². The van der Waals surface area contributed by atoms with Gasteiger partial charge in [0.05, 0.1) is 50.3 Å². The average Bonchev–Trinajstić information content (AvgIpc) is 3.52. The smallest absolute Gasteiger partial charge is 0.427 e. The van der Waals surface area contributed by atoms with Crippen molar-refractivity contribution in [3.63, 3.8) is 0 Å². The van der Waals surface area contributed by atoms with Crippen LogP contribution in [0.1, 0.15) is 36.4 Å². The first-order chi connectivity index (χ1) is 17.9. The zero-order valence-electron chi connectivity index (χ0n) is 20.4. The van der Waals surface area contributed by atoms with E-state index < -0.39 is 48.4 Å². The number of rotatable bonds is 7. The summed E-state index contributed by atoms with van der Waals surface area (Å²) in [6.45, 7) is -0.677. The quantitative estimate of drug-likeness (QED) is 0.452. The minimum absolute atomic E-state index is 0.0791. The molecule has 14 heteroatoms. The van der Waals surface area contributed by atoms with Crippen molar-refractivity contribution in [3.8, 4) is 5.75 Å². The molecule has 4 rings (SSSR count). The van der Waals surface area contributed by atoms with Gasteiger partial charge in [-0.25, -0.2) is 4.79 Å². The zero-order chi connectivity index (χ0) is 27.6. The lowest BCUT2D eigenvalue weighted by Crippen LogP contribution is -2.49. The molecule has 210 valence electrons. The first-order valence-electron chi connectivity index (χ1n) is 11.9. The standard InChI is InChI=1S/C24H27F6N3O5/c1-35-19-4-2-16(3-5-19)13-36-15-20(24(28,29)30)38-21(34)32-8-6-22(7-9-32)10-18(14-37-22)33-12-17(11-31-33)23(25,26)27/h2-5,11-12,18,20H,6-10,13-15H2,1H3/t18?,20-/m1/s1. The fourth-order valence-electron chi connectivity index (χ4n) is 4.52. The fraction of sp³-hybridized carbons (Fsp3) is 0.583. The highest BCUT2D eigenvalue weighted by molar-refractivity contribution is 5.68. The Hall–Kier alpha value is -3.00. The Balaban J connectivity index is 1.27. The molecule has 8 nitrogen and oxygen atoms in total. The Bertz CT molecular complexity index is 1080. The number of likely N-dealkylation sites (tertiary alicyclic amines) is 1. The molecule has 2 aromatic rings. The van der Waals surface area contributed by atoms with E-state index in [1.807, 2.05) is 0 Å². The zero-order valence-corrected chi connectivity index (χ0v) is 20.4. The maximum atomic E-state index is 13.5. The maximum absolute atomic E-state index is 13.5. The van der Waals surface area contributed by atoms with Crippen LogP contribution in [0.3, 0.4) is 0 Å². The van der Waals surface area contributed by atoms with Crippen LogP contribution in [0.4, 0.5) is 31.1 Å². The number of halogens is 6. The predicted molar refractivity (Wildman–Crippen MR) is 119 cm³/mol. The number of alkyl halides is 6. The lowest BCUT2D eigenvalue weighted by atomic mass is 9.87. The average molecular weight is 551 g/mol. The number of benzene rings is 1. The van der Waals surface area contributed by atoms with Gasteiger partial charge in [-0.15, -0.1) is 0 Å². The van der Waals surface area contributed by atoms with Crippen molar-refractivity contribution in [1.29, 1.82) is 0 Å². The molecule has 1 spiro atoms.